The number of sulfone groups is 1. The summed E-state index contributed by atoms with van der Waals surface area (Å²) in [5.41, 5.74) is 3.19. The van der Waals surface area contributed by atoms with E-state index in [1.807, 2.05) is 12.1 Å². The van der Waals surface area contributed by atoms with E-state index < -0.39 is 9.84 Å². The van der Waals surface area contributed by atoms with E-state index >= 15 is 0 Å². The highest BCUT2D eigenvalue weighted by Crippen LogP contribution is 2.30. The van der Waals surface area contributed by atoms with Crippen LogP contribution in [-0.2, 0) is 27.5 Å². The van der Waals surface area contributed by atoms with Gasteiger partial charge >= 0.3 is 0 Å². The molecule has 5 heteroatoms. The minimum absolute atomic E-state index is 0.0521. The van der Waals surface area contributed by atoms with Gasteiger partial charge in [-0.15, -0.1) is 0 Å². The topological polar surface area (TPSA) is 63.2 Å². The summed E-state index contributed by atoms with van der Waals surface area (Å²) in [4.78, 5) is 12.6. The molecule has 2 aromatic carbocycles. The molecular formula is C19H21NO3S. The van der Waals surface area contributed by atoms with Crippen molar-refractivity contribution in [3.63, 3.8) is 0 Å². The maximum Gasteiger partial charge on any atom is 0.224 e. The lowest BCUT2D eigenvalue weighted by Crippen LogP contribution is -2.28. The van der Waals surface area contributed by atoms with E-state index in [1.54, 1.807) is 31.2 Å². The molecule has 0 spiro atoms. The van der Waals surface area contributed by atoms with Crippen molar-refractivity contribution in [2.75, 3.05) is 5.75 Å². The van der Waals surface area contributed by atoms with Crippen molar-refractivity contribution in [1.29, 1.82) is 0 Å². The third kappa shape index (κ3) is 3.51. The number of amides is 1. The molecule has 1 aliphatic carbocycles. The minimum atomic E-state index is -3.25. The zero-order valence-electron chi connectivity index (χ0n) is 13.7. The van der Waals surface area contributed by atoms with E-state index in [2.05, 4.69) is 17.4 Å². The van der Waals surface area contributed by atoms with Crippen molar-refractivity contribution in [2.45, 2.75) is 37.1 Å². The molecule has 1 amide bonds. The molecule has 1 aliphatic rings. The molecule has 3 rings (SSSR count). The number of nitrogens with one attached hydrogen (secondary N) is 1. The van der Waals surface area contributed by atoms with Gasteiger partial charge in [0.2, 0.25) is 5.91 Å². The molecule has 0 saturated heterocycles. The molecular weight excluding hydrogens is 322 g/mol. The zero-order valence-corrected chi connectivity index (χ0v) is 14.5. The number of benzene rings is 2. The quantitative estimate of drug-likeness (QED) is 0.908. The van der Waals surface area contributed by atoms with Crippen molar-refractivity contribution in [1.82, 2.24) is 5.32 Å². The summed E-state index contributed by atoms with van der Waals surface area (Å²) in [6.07, 6.45) is 2.08. The summed E-state index contributed by atoms with van der Waals surface area (Å²) in [7, 11) is -3.25. The normalized spacial score (nSPS) is 16.6. The van der Waals surface area contributed by atoms with E-state index in [1.165, 1.54) is 11.1 Å². The number of carbonyl (C=O) groups is 1. The number of rotatable bonds is 5. The Morgan fingerprint density at radius 1 is 1.17 bits per heavy atom. The van der Waals surface area contributed by atoms with E-state index in [9.17, 15) is 13.2 Å². The van der Waals surface area contributed by atoms with Gasteiger partial charge in [-0.05, 0) is 41.7 Å². The third-order valence-corrected chi connectivity index (χ3v) is 6.20. The molecule has 0 radical (unpaired) electrons. The van der Waals surface area contributed by atoms with Crippen LogP contribution in [0.5, 0.6) is 0 Å². The monoisotopic (exact) mass is 343 g/mol. The van der Waals surface area contributed by atoms with Crippen LogP contribution in [-0.4, -0.2) is 20.1 Å². The third-order valence-electron chi connectivity index (χ3n) is 4.47. The van der Waals surface area contributed by atoms with Crippen LogP contribution in [0.1, 0.15) is 36.1 Å². The molecule has 0 saturated carbocycles. The molecule has 0 fully saturated rings. The number of hydrogen-bond acceptors (Lipinski definition) is 3. The molecule has 0 heterocycles. The summed E-state index contributed by atoms with van der Waals surface area (Å²) in [5, 5.41) is 3.07. The fraction of sp³-hybridized carbons (Fsp3) is 0.316. The van der Waals surface area contributed by atoms with Gasteiger partial charge in [-0.1, -0.05) is 43.3 Å². The Kier molecular flexibility index (Phi) is 4.71. The number of carbonyl (C=O) groups excluding carboxylic acids is 1. The van der Waals surface area contributed by atoms with Crippen molar-refractivity contribution in [3.8, 4) is 0 Å². The van der Waals surface area contributed by atoms with E-state index in [0.717, 1.165) is 12.8 Å². The molecule has 1 atom stereocenters. The highest BCUT2D eigenvalue weighted by molar-refractivity contribution is 7.91. The van der Waals surface area contributed by atoms with Crippen LogP contribution >= 0.6 is 0 Å². The van der Waals surface area contributed by atoms with Crippen molar-refractivity contribution >= 4 is 15.7 Å². The Hall–Kier alpha value is -2.14. The Labute approximate surface area is 142 Å². The van der Waals surface area contributed by atoms with Crippen LogP contribution in [0.2, 0.25) is 0 Å². The first-order chi connectivity index (χ1) is 11.5. The SMILES string of the molecule is CCS(=O)(=O)c1cccc(CC(=O)NC2CCc3ccccc32)c1. The molecule has 0 aromatic heterocycles. The van der Waals surface area contributed by atoms with Crippen molar-refractivity contribution in [3.05, 3.63) is 65.2 Å². The average Bonchev–Trinajstić information content (AvgIpc) is 2.98. The Morgan fingerprint density at radius 2 is 1.96 bits per heavy atom. The predicted molar refractivity (Wildman–Crippen MR) is 93.5 cm³/mol. The summed E-state index contributed by atoms with van der Waals surface area (Å²) >= 11 is 0. The predicted octanol–water partition coefficient (Wildman–Crippen LogP) is 2.83. The van der Waals surface area contributed by atoms with Gasteiger partial charge < -0.3 is 5.32 Å². The average molecular weight is 343 g/mol. The smallest absolute Gasteiger partial charge is 0.224 e. The van der Waals surface area contributed by atoms with Crippen LogP contribution in [0.15, 0.2) is 53.4 Å². The second-order valence-electron chi connectivity index (χ2n) is 6.09. The summed E-state index contributed by atoms with van der Waals surface area (Å²) in [6.45, 7) is 1.62. The van der Waals surface area contributed by atoms with Crippen LogP contribution in [0.3, 0.4) is 0 Å². The van der Waals surface area contributed by atoms with Gasteiger partial charge in [-0.2, -0.15) is 0 Å². The molecule has 4 nitrogen and oxygen atoms in total. The Balaban J connectivity index is 1.69. The van der Waals surface area contributed by atoms with Crippen LogP contribution < -0.4 is 5.32 Å². The van der Waals surface area contributed by atoms with Gasteiger partial charge in [0.25, 0.3) is 0 Å². The first kappa shape index (κ1) is 16.7. The maximum absolute atomic E-state index is 12.3. The van der Waals surface area contributed by atoms with Gasteiger partial charge in [-0.25, -0.2) is 8.42 Å². The molecule has 2 aromatic rings. The number of hydrogen-bond donors (Lipinski definition) is 1. The van der Waals surface area contributed by atoms with Gasteiger partial charge in [0.1, 0.15) is 0 Å². The Bertz CT molecular complexity index is 858. The summed E-state index contributed by atoms with van der Waals surface area (Å²) in [5.74, 6) is -0.0237. The summed E-state index contributed by atoms with van der Waals surface area (Å²) < 4.78 is 23.9. The van der Waals surface area contributed by atoms with Crippen LogP contribution in [0, 0.1) is 0 Å². The lowest BCUT2D eigenvalue weighted by atomic mass is 10.1. The van der Waals surface area contributed by atoms with E-state index in [4.69, 9.17) is 0 Å². The van der Waals surface area contributed by atoms with E-state index in [-0.39, 0.29) is 29.0 Å². The van der Waals surface area contributed by atoms with Crippen LogP contribution in [0.4, 0.5) is 0 Å². The standard InChI is InChI=1S/C19H21NO3S/c1-2-24(22,23)16-8-5-6-14(12-16)13-19(21)20-18-11-10-15-7-3-4-9-17(15)18/h3-9,12,18H,2,10-11,13H2,1H3,(H,20,21). The zero-order chi connectivity index (χ0) is 17.2. The fourth-order valence-corrected chi connectivity index (χ4v) is 4.10. The van der Waals surface area contributed by atoms with Crippen molar-refractivity contribution < 1.29 is 13.2 Å². The van der Waals surface area contributed by atoms with Crippen molar-refractivity contribution in [2.24, 2.45) is 0 Å². The molecule has 0 aliphatic heterocycles. The molecule has 24 heavy (non-hydrogen) atoms. The second kappa shape index (κ2) is 6.77. The Morgan fingerprint density at radius 3 is 2.75 bits per heavy atom. The minimum Gasteiger partial charge on any atom is -0.349 e. The molecule has 1 N–H and O–H groups in total. The molecule has 0 bridgehead atoms. The summed E-state index contributed by atoms with van der Waals surface area (Å²) in [6, 6.07) is 14.9. The lowest BCUT2D eigenvalue weighted by molar-refractivity contribution is -0.121. The molecule has 126 valence electrons. The van der Waals surface area contributed by atoms with Gasteiger partial charge in [0, 0.05) is 0 Å². The largest absolute Gasteiger partial charge is 0.349 e. The first-order valence-corrected chi connectivity index (χ1v) is 9.83. The number of fused-ring (bicyclic) bond motifs is 1. The highest BCUT2D eigenvalue weighted by atomic mass is 32.2. The van der Waals surface area contributed by atoms with Gasteiger partial charge in [0.15, 0.2) is 9.84 Å². The lowest BCUT2D eigenvalue weighted by Gasteiger charge is -2.14. The van der Waals surface area contributed by atoms with Gasteiger partial charge in [0.05, 0.1) is 23.1 Å². The van der Waals surface area contributed by atoms with Gasteiger partial charge in [-0.3, -0.25) is 4.79 Å². The van der Waals surface area contributed by atoms with E-state index in [0.29, 0.717) is 5.56 Å². The molecule has 1 unspecified atom stereocenters. The number of aryl methyl sites for hydroxylation is 1. The highest BCUT2D eigenvalue weighted by Gasteiger charge is 2.23. The van der Waals surface area contributed by atoms with Crippen LogP contribution in [0.25, 0.3) is 0 Å². The second-order valence-corrected chi connectivity index (χ2v) is 8.36. The maximum atomic E-state index is 12.3. The fourth-order valence-electron chi connectivity index (χ4n) is 3.15. The first-order valence-electron chi connectivity index (χ1n) is 8.18.